The maximum absolute atomic E-state index is 5.07. The summed E-state index contributed by atoms with van der Waals surface area (Å²) in [6, 6.07) is 64.8. The average Bonchev–Trinajstić information content (AvgIpc) is 3.76. The lowest BCUT2D eigenvalue weighted by molar-refractivity contribution is 0.765. The molecule has 0 fully saturated rings. The highest BCUT2D eigenvalue weighted by atomic mass is 15.2. The lowest BCUT2D eigenvalue weighted by atomic mass is 9.92. The summed E-state index contributed by atoms with van der Waals surface area (Å²) in [7, 11) is 0. The zero-order chi connectivity index (χ0) is 36.0. The molecule has 0 aliphatic carbocycles. The number of hydrogen-bond donors (Lipinski definition) is 1. The molecule has 4 heteroatoms. The Morgan fingerprint density at radius 2 is 1.09 bits per heavy atom. The van der Waals surface area contributed by atoms with Crippen LogP contribution in [0.5, 0.6) is 0 Å². The molecule has 0 saturated heterocycles. The van der Waals surface area contributed by atoms with Crippen molar-refractivity contribution in [2.45, 2.75) is 13.1 Å². The van der Waals surface area contributed by atoms with Crippen molar-refractivity contribution >= 4 is 61.0 Å². The van der Waals surface area contributed by atoms with Crippen LogP contribution < -0.4 is 5.32 Å². The van der Waals surface area contributed by atoms with Gasteiger partial charge in [-0.25, -0.2) is 9.98 Å². The summed E-state index contributed by atoms with van der Waals surface area (Å²) in [5, 5.41) is 10.8. The zero-order valence-corrected chi connectivity index (χ0v) is 29.8. The largest absolute Gasteiger partial charge is 0.331 e. The summed E-state index contributed by atoms with van der Waals surface area (Å²) >= 11 is 0. The summed E-state index contributed by atoms with van der Waals surface area (Å²) in [6.45, 7) is 2.08. The minimum atomic E-state index is -0.350. The second-order valence-corrected chi connectivity index (χ2v) is 13.9. The van der Waals surface area contributed by atoms with Gasteiger partial charge in [-0.15, -0.1) is 0 Å². The average molecular weight is 693 g/mol. The fourth-order valence-electron chi connectivity index (χ4n) is 7.97. The van der Waals surface area contributed by atoms with Gasteiger partial charge in [0, 0.05) is 32.7 Å². The molecule has 4 nitrogen and oxygen atoms in total. The van der Waals surface area contributed by atoms with Crippen LogP contribution in [0.1, 0.15) is 22.9 Å². The highest BCUT2D eigenvalue weighted by Gasteiger charge is 2.21. The number of fused-ring (bicyclic) bond motifs is 7. The summed E-state index contributed by atoms with van der Waals surface area (Å²) in [5.41, 5.74) is 11.9. The predicted octanol–water partition coefficient (Wildman–Crippen LogP) is 12.4. The van der Waals surface area contributed by atoms with Crippen LogP contribution in [-0.4, -0.2) is 16.6 Å². The minimum absolute atomic E-state index is 0.350. The number of benzene rings is 8. The number of hydrogen-bond acceptors (Lipinski definition) is 3. The van der Waals surface area contributed by atoms with Gasteiger partial charge in [-0.05, 0) is 64.2 Å². The summed E-state index contributed by atoms with van der Waals surface area (Å²) in [6.07, 6.45) is 1.42. The van der Waals surface area contributed by atoms with Gasteiger partial charge >= 0.3 is 0 Å². The van der Waals surface area contributed by atoms with E-state index < -0.39 is 0 Å². The molecule has 1 N–H and O–H groups in total. The van der Waals surface area contributed by atoms with Gasteiger partial charge in [0.15, 0.2) is 6.17 Å². The van der Waals surface area contributed by atoms with Gasteiger partial charge in [0.2, 0.25) is 0 Å². The van der Waals surface area contributed by atoms with Crippen molar-refractivity contribution in [3.8, 4) is 22.3 Å². The monoisotopic (exact) mass is 692 g/mol. The fraction of sp³-hybridized carbons (Fsp3) is 0.0400. The Bertz CT molecular complexity index is 3010. The SMILES string of the molecule is C1=NC(c2cc3ccccc3cc2-c2ccc(-c3ccc4c5cccc6c7ccccc7n(c4c3)c65)cc2)N=C(c2ccccc2)N1.Cc1ccccc1. The van der Waals surface area contributed by atoms with Gasteiger partial charge in [0.25, 0.3) is 0 Å². The molecule has 256 valence electrons. The van der Waals surface area contributed by atoms with Gasteiger partial charge in [-0.1, -0.05) is 163 Å². The van der Waals surface area contributed by atoms with Gasteiger partial charge in [-0.3, -0.25) is 0 Å². The maximum Gasteiger partial charge on any atom is 0.169 e. The Morgan fingerprint density at radius 1 is 0.481 bits per heavy atom. The van der Waals surface area contributed by atoms with E-state index in [1.807, 2.05) is 36.4 Å². The summed E-state index contributed by atoms with van der Waals surface area (Å²) in [4.78, 5) is 9.86. The molecular formula is C50H36N4. The number of nitrogens with zero attached hydrogens (tertiary/aromatic N) is 3. The third-order valence-electron chi connectivity index (χ3n) is 10.6. The third kappa shape index (κ3) is 5.48. The van der Waals surface area contributed by atoms with Crippen molar-refractivity contribution in [2.75, 3.05) is 0 Å². The highest BCUT2D eigenvalue weighted by molar-refractivity contribution is 6.23. The molecule has 11 rings (SSSR count). The molecular weight excluding hydrogens is 657 g/mol. The molecule has 1 aliphatic heterocycles. The lowest BCUT2D eigenvalue weighted by Gasteiger charge is -2.20. The normalized spacial score (nSPS) is 14.0. The van der Waals surface area contributed by atoms with Gasteiger partial charge in [0.1, 0.15) is 5.84 Å². The quantitative estimate of drug-likeness (QED) is 0.196. The van der Waals surface area contributed by atoms with Crippen LogP contribution in [0.3, 0.4) is 0 Å². The van der Waals surface area contributed by atoms with Crippen molar-refractivity contribution in [3.05, 3.63) is 199 Å². The number of aryl methyl sites for hydroxylation is 1. The molecule has 54 heavy (non-hydrogen) atoms. The van der Waals surface area contributed by atoms with Crippen LogP contribution in [0.25, 0.3) is 71.1 Å². The molecule has 0 spiro atoms. The number of rotatable bonds is 4. The first-order chi connectivity index (χ1) is 26.7. The van der Waals surface area contributed by atoms with E-state index in [4.69, 9.17) is 9.98 Å². The molecule has 1 atom stereocenters. The van der Waals surface area contributed by atoms with E-state index in [-0.39, 0.29) is 6.17 Å². The zero-order valence-electron chi connectivity index (χ0n) is 29.8. The van der Waals surface area contributed by atoms with E-state index in [9.17, 15) is 0 Å². The van der Waals surface area contributed by atoms with Crippen LogP contribution >= 0.6 is 0 Å². The van der Waals surface area contributed by atoms with Crippen LogP contribution in [0.15, 0.2) is 192 Å². The van der Waals surface area contributed by atoms with E-state index in [1.54, 1.807) is 6.34 Å². The first kappa shape index (κ1) is 31.7. The van der Waals surface area contributed by atoms with Gasteiger partial charge in [-0.2, -0.15) is 0 Å². The fourth-order valence-corrected chi connectivity index (χ4v) is 7.97. The molecule has 1 unspecified atom stereocenters. The molecule has 3 heterocycles. The van der Waals surface area contributed by atoms with Crippen LogP contribution in [-0.2, 0) is 0 Å². The number of nitrogens with one attached hydrogen (secondary N) is 1. The third-order valence-corrected chi connectivity index (χ3v) is 10.6. The standard InChI is InChI=1S/C43H28N4.C7H8/c1-2-9-29(10-3-1)42-44-26-45-43(46-42)38-24-31-12-5-4-11-30(31)23-37(38)28-19-17-27(18-20-28)32-21-22-34-36-15-8-14-35-33-13-6-7-16-39(33)47(41(35)36)40(34)25-32;1-7-5-3-2-4-6-7/h1-26,43H,(H,44,45,46);2-6H,1H3. The second-order valence-electron chi connectivity index (χ2n) is 13.9. The molecule has 1 aliphatic rings. The number of para-hydroxylation sites is 2. The number of aromatic nitrogens is 1. The summed E-state index contributed by atoms with van der Waals surface area (Å²) < 4.78 is 2.44. The van der Waals surface area contributed by atoms with Crippen molar-refractivity contribution in [1.29, 1.82) is 0 Å². The maximum atomic E-state index is 5.07. The topological polar surface area (TPSA) is 41.2 Å². The highest BCUT2D eigenvalue weighted by Crippen LogP contribution is 2.41. The Labute approximate surface area is 313 Å². The summed E-state index contributed by atoms with van der Waals surface area (Å²) in [5.74, 6) is 0.826. The van der Waals surface area contributed by atoms with Crippen LogP contribution in [0.2, 0.25) is 0 Å². The Hall–Kier alpha value is -7.04. The van der Waals surface area contributed by atoms with Crippen LogP contribution in [0.4, 0.5) is 0 Å². The Morgan fingerprint density at radius 3 is 1.83 bits per heavy atom. The Balaban J connectivity index is 0.000000467. The molecule has 10 aromatic rings. The van der Waals surface area contributed by atoms with E-state index in [1.165, 1.54) is 65.6 Å². The smallest absolute Gasteiger partial charge is 0.169 e. The number of amidine groups is 1. The van der Waals surface area contributed by atoms with E-state index in [2.05, 4.69) is 162 Å². The van der Waals surface area contributed by atoms with Gasteiger partial charge in [0.05, 0.1) is 22.9 Å². The molecule has 0 bridgehead atoms. The molecule has 0 radical (unpaired) electrons. The van der Waals surface area contributed by atoms with Gasteiger partial charge < -0.3 is 9.72 Å². The van der Waals surface area contributed by atoms with Crippen molar-refractivity contribution in [3.63, 3.8) is 0 Å². The lowest BCUT2D eigenvalue weighted by Crippen LogP contribution is -2.27. The molecule has 0 amide bonds. The Kier molecular flexibility index (Phi) is 7.73. The van der Waals surface area contributed by atoms with E-state index in [0.717, 1.165) is 28.1 Å². The first-order valence-corrected chi connectivity index (χ1v) is 18.4. The molecule has 8 aromatic carbocycles. The van der Waals surface area contributed by atoms with Crippen LogP contribution in [0, 0.1) is 6.92 Å². The number of aliphatic imine (C=N–C) groups is 2. The first-order valence-electron chi connectivity index (χ1n) is 18.4. The van der Waals surface area contributed by atoms with Crippen molar-refractivity contribution < 1.29 is 0 Å². The van der Waals surface area contributed by atoms with E-state index >= 15 is 0 Å². The minimum Gasteiger partial charge on any atom is -0.331 e. The predicted molar refractivity (Wildman–Crippen MR) is 228 cm³/mol. The van der Waals surface area contributed by atoms with E-state index in [0.29, 0.717) is 0 Å². The molecule has 2 aromatic heterocycles. The van der Waals surface area contributed by atoms with Crippen molar-refractivity contribution in [1.82, 2.24) is 9.72 Å². The van der Waals surface area contributed by atoms with Crippen molar-refractivity contribution in [2.24, 2.45) is 9.98 Å². The second kappa shape index (κ2) is 13.2. The molecule has 0 saturated carbocycles.